The molecule has 3 saturated carbocycles. The molecule has 3 radical (unpaired) electrons. The van der Waals surface area contributed by atoms with Crippen LogP contribution >= 0.6 is 0 Å². The van der Waals surface area contributed by atoms with Crippen molar-refractivity contribution in [1.82, 2.24) is 0 Å². The Labute approximate surface area is 179 Å². The van der Waals surface area contributed by atoms with E-state index in [1.807, 2.05) is 0 Å². The first-order valence-electron chi connectivity index (χ1n) is 9.92. The van der Waals surface area contributed by atoms with Gasteiger partial charge in [0.2, 0.25) is 0 Å². The Morgan fingerprint density at radius 3 is 2.00 bits per heavy atom. The van der Waals surface area contributed by atoms with Gasteiger partial charge in [0.25, 0.3) is 0 Å². The normalized spacial score (nSPS) is 44.9. The van der Waals surface area contributed by atoms with Crippen LogP contribution in [-0.4, -0.2) is 20.2 Å². The molecule has 3 fully saturated rings. The minimum absolute atomic E-state index is 0. The summed E-state index contributed by atoms with van der Waals surface area (Å²) >= 11 is 0. The zero-order chi connectivity index (χ0) is 17.1. The smallest absolute Gasteiger partial charge is 0.111 e. The summed E-state index contributed by atoms with van der Waals surface area (Å²) in [5.41, 5.74) is 0. The van der Waals surface area contributed by atoms with Crippen LogP contribution < -0.4 is 0 Å². The second kappa shape index (κ2) is 10.2. The summed E-state index contributed by atoms with van der Waals surface area (Å²) in [6, 6.07) is 0. The van der Waals surface area contributed by atoms with Crippen LogP contribution in [0.1, 0.15) is 64.7 Å². The van der Waals surface area contributed by atoms with Gasteiger partial charge in [0.15, 0.2) is 0 Å². The third-order valence-corrected chi connectivity index (χ3v) is 6.61. The molecule has 3 aliphatic rings. The molecule has 0 aromatic rings. The summed E-state index contributed by atoms with van der Waals surface area (Å²) in [5, 5.41) is 0. The van der Waals surface area contributed by atoms with Gasteiger partial charge in [0.05, 0.1) is 5.92 Å². The van der Waals surface area contributed by atoms with Crippen LogP contribution in [-0.2, 0) is 32.7 Å². The molecule has 0 spiro atoms. The molecule has 0 bridgehead atoms. The maximum atomic E-state index is 14.0. The molecule has 0 aliphatic heterocycles. The second-order valence-electron chi connectivity index (χ2n) is 8.50. The van der Waals surface area contributed by atoms with Gasteiger partial charge in [0, 0.05) is 46.5 Å². The summed E-state index contributed by atoms with van der Waals surface area (Å²) in [4.78, 5) is 0. The van der Waals surface area contributed by atoms with Crippen molar-refractivity contribution in [2.45, 2.75) is 82.9 Å². The van der Waals surface area contributed by atoms with Crippen molar-refractivity contribution < 1.29 is 41.5 Å². The van der Waals surface area contributed by atoms with Crippen LogP contribution in [0.15, 0.2) is 0 Å². The van der Waals surface area contributed by atoms with Crippen LogP contribution in [0.2, 0.25) is 5.82 Å². The largest absolute Gasteiger partial charge is 0.299 e. The number of hydrogen-bond donors (Lipinski definition) is 0. The summed E-state index contributed by atoms with van der Waals surface area (Å²) in [7, 11) is 5.63. The summed E-state index contributed by atoms with van der Waals surface area (Å²) in [5.74, 6) is 7.87. The van der Waals surface area contributed by atoms with Crippen molar-refractivity contribution >= 4 is 7.85 Å². The fraction of sp³-hybridized carbons (Fsp3) is 0.857. The van der Waals surface area contributed by atoms with E-state index in [9.17, 15) is 8.78 Å². The van der Waals surface area contributed by atoms with Gasteiger partial charge in [-0.1, -0.05) is 38.0 Å². The zero-order valence-corrected chi connectivity index (χ0v) is 18.3. The van der Waals surface area contributed by atoms with Crippen LogP contribution in [0.4, 0.5) is 8.78 Å². The molecule has 0 saturated heterocycles. The van der Waals surface area contributed by atoms with Crippen molar-refractivity contribution in [2.75, 3.05) is 0 Å². The molecule has 0 nitrogen and oxygen atoms in total. The molecule has 0 aromatic carbocycles. The van der Waals surface area contributed by atoms with Crippen molar-refractivity contribution in [3.05, 3.63) is 6.42 Å². The second-order valence-corrected chi connectivity index (χ2v) is 8.50. The van der Waals surface area contributed by atoms with Crippen molar-refractivity contribution in [3.63, 3.8) is 0 Å². The quantitative estimate of drug-likeness (QED) is 0.300. The molecule has 3 rings (SSSR count). The van der Waals surface area contributed by atoms with Gasteiger partial charge in [-0.15, -0.1) is 0 Å². The van der Waals surface area contributed by atoms with Gasteiger partial charge < -0.3 is 0 Å². The van der Waals surface area contributed by atoms with Crippen LogP contribution in [0, 0.1) is 47.9 Å². The van der Waals surface area contributed by atoms with Crippen molar-refractivity contribution in [1.29, 1.82) is 0 Å². The fourth-order valence-corrected chi connectivity index (χ4v) is 4.92. The Bertz CT molecular complexity index is 446. The Morgan fingerprint density at radius 2 is 1.44 bits per heavy atom. The minimum Gasteiger partial charge on any atom is -0.299 e. The molecule has 4 unspecified atom stereocenters. The van der Waals surface area contributed by atoms with Gasteiger partial charge in [0.1, 0.15) is 6.17 Å². The first-order chi connectivity index (χ1) is 11.5. The standard InChI is InChI=1S/C21H30BF2.Y/c1-14-2-7-16(8-3-14)17-9-4-15(5-10-17)6-11-19-20(23)12-18(22)13-21(19)24;/h12,14-21H,2-5,7-10,13H2,1H3;/q-1;. The van der Waals surface area contributed by atoms with E-state index in [-0.39, 0.29) is 39.1 Å². The van der Waals surface area contributed by atoms with Gasteiger partial charge in [-0.25, -0.2) is 4.39 Å². The monoisotopic (exact) mass is 420 g/mol. The van der Waals surface area contributed by atoms with Gasteiger partial charge >= 0.3 is 0 Å². The third kappa shape index (κ3) is 6.04. The Kier molecular flexibility index (Phi) is 8.95. The van der Waals surface area contributed by atoms with E-state index in [1.54, 1.807) is 0 Å². The molecule has 25 heavy (non-hydrogen) atoms. The molecule has 0 N–H and O–H groups in total. The predicted molar refractivity (Wildman–Crippen MR) is 96.0 cm³/mol. The molecule has 0 heterocycles. The van der Waals surface area contributed by atoms with E-state index < -0.39 is 24.1 Å². The van der Waals surface area contributed by atoms with E-state index in [4.69, 9.17) is 7.85 Å². The third-order valence-electron chi connectivity index (χ3n) is 6.61. The van der Waals surface area contributed by atoms with Crippen molar-refractivity contribution in [2.24, 2.45) is 29.6 Å². The van der Waals surface area contributed by atoms with Crippen LogP contribution in [0.5, 0.6) is 0 Å². The number of hydrogen-bond acceptors (Lipinski definition) is 0. The number of rotatable bonds is 1. The summed E-state index contributed by atoms with van der Waals surface area (Å²) in [6.07, 6.45) is 9.34. The van der Waals surface area contributed by atoms with Crippen molar-refractivity contribution in [3.8, 4) is 11.8 Å². The molecular formula is C21H30BF2Y-. The first kappa shape index (κ1) is 21.9. The maximum absolute atomic E-state index is 14.0. The molecule has 0 aromatic heterocycles. The van der Waals surface area contributed by atoms with Crippen LogP contribution in [0.3, 0.4) is 0 Å². The van der Waals surface area contributed by atoms with Gasteiger partial charge in [-0.3, -0.25) is 10.8 Å². The minimum atomic E-state index is -1.32. The average molecular weight is 420 g/mol. The first-order valence-corrected chi connectivity index (χ1v) is 9.92. The van der Waals surface area contributed by atoms with Crippen LogP contribution in [0.25, 0.3) is 0 Å². The fourth-order valence-electron chi connectivity index (χ4n) is 4.92. The van der Waals surface area contributed by atoms with E-state index in [2.05, 4.69) is 18.8 Å². The van der Waals surface area contributed by atoms with E-state index in [1.165, 1.54) is 44.9 Å². The predicted octanol–water partition coefficient (Wildman–Crippen LogP) is 5.48. The molecule has 0 amide bonds. The Morgan fingerprint density at radius 1 is 0.880 bits per heavy atom. The van der Waals surface area contributed by atoms with Gasteiger partial charge in [-0.05, 0) is 62.5 Å². The molecule has 3 aliphatic carbocycles. The van der Waals surface area contributed by atoms with E-state index in [0.29, 0.717) is 5.92 Å². The Balaban J connectivity index is 0.00000225. The number of alkyl halides is 2. The average Bonchev–Trinajstić information content (AvgIpc) is 2.55. The molecule has 4 atom stereocenters. The Hall–Kier alpha value is 0.589. The summed E-state index contributed by atoms with van der Waals surface area (Å²) < 4.78 is 28.0. The van der Waals surface area contributed by atoms with Gasteiger partial charge in [-0.2, -0.15) is 5.82 Å². The number of halogens is 2. The SMILES string of the molecule is [B]C1[CH-]C(F)C(C#CC2CCC(C3CCC(C)CC3)CC2)C(F)C1.[Y]. The van der Waals surface area contributed by atoms with E-state index in [0.717, 1.165) is 30.6 Å². The molecule has 135 valence electrons. The zero-order valence-electron chi connectivity index (χ0n) is 15.5. The molecular weight excluding hydrogens is 390 g/mol. The molecule has 4 heteroatoms. The van der Waals surface area contributed by atoms with E-state index >= 15 is 0 Å². The summed E-state index contributed by atoms with van der Waals surface area (Å²) in [6.45, 7) is 2.37. The topological polar surface area (TPSA) is 0 Å². The maximum Gasteiger partial charge on any atom is 0.111 e.